The predicted molar refractivity (Wildman–Crippen MR) is 87.5 cm³/mol. The molecule has 1 fully saturated rings. The summed E-state index contributed by atoms with van der Waals surface area (Å²) in [5.41, 5.74) is -1.74. The molecule has 0 aromatic heterocycles. The molecule has 2 amide bonds. The fourth-order valence-electron chi connectivity index (χ4n) is 3.01. The Morgan fingerprint density at radius 2 is 1.83 bits per heavy atom. The van der Waals surface area contributed by atoms with Gasteiger partial charge in [-0.1, -0.05) is 6.08 Å². The number of ether oxygens (including phenoxy) is 1. The lowest BCUT2D eigenvalue weighted by Crippen LogP contribution is -2.69. The van der Waals surface area contributed by atoms with Crippen molar-refractivity contribution in [1.29, 1.82) is 0 Å². The van der Waals surface area contributed by atoms with Gasteiger partial charge in [0.05, 0.1) is 0 Å². The number of carbonyl (C=O) groups excluding carboxylic acids is 3. The molecule has 0 saturated heterocycles. The van der Waals surface area contributed by atoms with Gasteiger partial charge in [-0.15, -0.1) is 6.58 Å². The molecule has 0 aromatic rings. The van der Waals surface area contributed by atoms with Crippen LogP contribution in [0.1, 0.15) is 53.9 Å². The SMILES string of the molecule is C=C[C@@H]1CC[C@H](OC(C)=O)[C@@](NC(C)=O)(C(=O)NC(C)(C)C)C1. The van der Waals surface area contributed by atoms with Crippen LogP contribution in [-0.2, 0) is 19.1 Å². The number of rotatable bonds is 4. The molecule has 6 nitrogen and oxygen atoms in total. The van der Waals surface area contributed by atoms with Crippen molar-refractivity contribution in [3.8, 4) is 0 Å². The van der Waals surface area contributed by atoms with Crippen molar-refractivity contribution in [2.45, 2.75) is 71.1 Å². The molecule has 6 heteroatoms. The summed E-state index contributed by atoms with van der Waals surface area (Å²) in [7, 11) is 0. The number of esters is 1. The van der Waals surface area contributed by atoms with Crippen LogP contribution in [0, 0.1) is 5.92 Å². The highest BCUT2D eigenvalue weighted by Crippen LogP contribution is 2.36. The molecule has 1 rings (SSSR count). The third-order valence-electron chi connectivity index (χ3n) is 3.87. The fourth-order valence-corrected chi connectivity index (χ4v) is 3.01. The van der Waals surface area contributed by atoms with Gasteiger partial charge in [0.2, 0.25) is 11.8 Å². The van der Waals surface area contributed by atoms with Crippen LogP contribution in [0.2, 0.25) is 0 Å². The molecule has 130 valence electrons. The normalized spacial score (nSPS) is 27.7. The van der Waals surface area contributed by atoms with Gasteiger partial charge in [0, 0.05) is 19.4 Å². The Kier molecular flexibility index (Phi) is 5.97. The molecule has 0 bridgehead atoms. The van der Waals surface area contributed by atoms with E-state index in [0.717, 1.165) is 6.42 Å². The van der Waals surface area contributed by atoms with Gasteiger partial charge in [0.15, 0.2) is 5.54 Å². The molecule has 1 saturated carbocycles. The van der Waals surface area contributed by atoms with Crippen LogP contribution < -0.4 is 10.6 Å². The number of amides is 2. The van der Waals surface area contributed by atoms with Gasteiger partial charge in [-0.2, -0.15) is 0 Å². The fraction of sp³-hybridized carbons (Fsp3) is 0.706. The molecule has 1 aliphatic rings. The minimum absolute atomic E-state index is 0.0689. The summed E-state index contributed by atoms with van der Waals surface area (Å²) in [4.78, 5) is 36.2. The average molecular weight is 324 g/mol. The van der Waals surface area contributed by atoms with E-state index in [-0.39, 0.29) is 17.7 Å². The number of hydrogen-bond donors (Lipinski definition) is 2. The number of nitrogens with one attached hydrogen (secondary N) is 2. The number of allylic oxidation sites excluding steroid dienone is 1. The first kappa shape index (κ1) is 19.2. The topological polar surface area (TPSA) is 84.5 Å². The first-order valence-electron chi connectivity index (χ1n) is 7.91. The maximum atomic E-state index is 13.0. The smallest absolute Gasteiger partial charge is 0.303 e. The van der Waals surface area contributed by atoms with E-state index in [1.54, 1.807) is 6.08 Å². The van der Waals surface area contributed by atoms with Crippen molar-refractivity contribution < 1.29 is 19.1 Å². The quantitative estimate of drug-likeness (QED) is 0.609. The molecule has 3 atom stereocenters. The molecule has 23 heavy (non-hydrogen) atoms. The molecule has 0 heterocycles. The van der Waals surface area contributed by atoms with Gasteiger partial charge in [0.25, 0.3) is 0 Å². The second-order valence-electron chi connectivity index (χ2n) is 7.23. The summed E-state index contributed by atoms with van der Waals surface area (Å²) in [5.74, 6) is -1.07. The Labute approximate surface area is 138 Å². The molecule has 0 aliphatic heterocycles. The zero-order chi connectivity index (χ0) is 17.8. The summed E-state index contributed by atoms with van der Waals surface area (Å²) in [5, 5.41) is 5.67. The summed E-state index contributed by atoms with van der Waals surface area (Å²) >= 11 is 0. The minimum Gasteiger partial charge on any atom is -0.459 e. The Bertz CT molecular complexity index is 495. The first-order chi connectivity index (χ1) is 10.5. The maximum Gasteiger partial charge on any atom is 0.303 e. The molecule has 0 spiro atoms. The van der Waals surface area contributed by atoms with Crippen LogP contribution in [0.15, 0.2) is 12.7 Å². The van der Waals surface area contributed by atoms with Crippen molar-refractivity contribution in [2.24, 2.45) is 5.92 Å². The van der Waals surface area contributed by atoms with E-state index in [4.69, 9.17) is 4.74 Å². The maximum absolute atomic E-state index is 13.0. The molecule has 1 aliphatic carbocycles. The van der Waals surface area contributed by atoms with E-state index in [0.29, 0.717) is 12.8 Å². The molecule has 2 N–H and O–H groups in total. The van der Waals surface area contributed by atoms with E-state index in [1.165, 1.54) is 13.8 Å². The monoisotopic (exact) mass is 324 g/mol. The lowest BCUT2D eigenvalue weighted by atomic mass is 9.72. The Morgan fingerprint density at radius 1 is 1.22 bits per heavy atom. The lowest BCUT2D eigenvalue weighted by molar-refractivity contribution is -0.161. The molecule has 0 radical (unpaired) electrons. The summed E-state index contributed by atoms with van der Waals surface area (Å²) in [6.07, 6.45) is 2.70. The van der Waals surface area contributed by atoms with E-state index >= 15 is 0 Å². The highest BCUT2D eigenvalue weighted by molar-refractivity contribution is 5.92. The Hall–Kier alpha value is -1.85. The Balaban J connectivity index is 3.26. The standard InChI is InChI=1S/C17H28N2O4/c1-7-13-8-9-14(23-12(3)21)17(10-13,18-11(2)20)15(22)19-16(4,5)6/h7,13-14H,1,8-10H2,2-6H3,(H,18,20)(H,19,22)/t13-,14+,17-/m1/s1. The number of carbonyl (C=O) groups is 3. The Morgan fingerprint density at radius 3 is 2.26 bits per heavy atom. The largest absolute Gasteiger partial charge is 0.459 e. The third-order valence-corrected chi connectivity index (χ3v) is 3.87. The summed E-state index contributed by atoms with van der Waals surface area (Å²) < 4.78 is 5.39. The van der Waals surface area contributed by atoms with E-state index in [1.807, 2.05) is 20.8 Å². The minimum atomic E-state index is -1.28. The van der Waals surface area contributed by atoms with Crippen molar-refractivity contribution in [3.05, 3.63) is 12.7 Å². The van der Waals surface area contributed by atoms with Gasteiger partial charge in [-0.25, -0.2) is 0 Å². The van der Waals surface area contributed by atoms with Crippen molar-refractivity contribution in [3.63, 3.8) is 0 Å². The average Bonchev–Trinajstić information content (AvgIpc) is 2.37. The van der Waals surface area contributed by atoms with Crippen LogP contribution in [0.25, 0.3) is 0 Å². The predicted octanol–water partition coefficient (Wildman–Crippen LogP) is 1.69. The van der Waals surface area contributed by atoms with Gasteiger partial charge < -0.3 is 15.4 Å². The van der Waals surface area contributed by atoms with Crippen molar-refractivity contribution >= 4 is 17.8 Å². The van der Waals surface area contributed by atoms with Gasteiger partial charge in [-0.05, 0) is 46.0 Å². The summed E-state index contributed by atoms with van der Waals surface area (Å²) in [6, 6.07) is 0. The van der Waals surface area contributed by atoms with Gasteiger partial charge >= 0.3 is 5.97 Å². The first-order valence-corrected chi connectivity index (χ1v) is 7.91. The molecule has 0 unspecified atom stereocenters. The molecular formula is C17H28N2O4. The van der Waals surface area contributed by atoms with Crippen LogP contribution in [0.3, 0.4) is 0 Å². The molecular weight excluding hydrogens is 296 g/mol. The summed E-state index contributed by atoms with van der Waals surface area (Å²) in [6.45, 7) is 12.0. The zero-order valence-corrected chi connectivity index (χ0v) is 14.7. The molecule has 0 aromatic carbocycles. The highest BCUT2D eigenvalue weighted by atomic mass is 16.5. The second-order valence-corrected chi connectivity index (χ2v) is 7.23. The van der Waals surface area contributed by atoms with Crippen LogP contribution in [-0.4, -0.2) is 35.0 Å². The van der Waals surface area contributed by atoms with Crippen LogP contribution in [0.5, 0.6) is 0 Å². The van der Waals surface area contributed by atoms with Gasteiger partial charge in [0.1, 0.15) is 6.10 Å². The van der Waals surface area contributed by atoms with Gasteiger partial charge in [-0.3, -0.25) is 14.4 Å². The zero-order valence-electron chi connectivity index (χ0n) is 14.7. The highest BCUT2D eigenvalue weighted by Gasteiger charge is 2.52. The van der Waals surface area contributed by atoms with Crippen LogP contribution >= 0.6 is 0 Å². The third kappa shape index (κ3) is 5.08. The van der Waals surface area contributed by atoms with Crippen molar-refractivity contribution in [1.82, 2.24) is 10.6 Å². The van der Waals surface area contributed by atoms with Crippen molar-refractivity contribution in [2.75, 3.05) is 0 Å². The van der Waals surface area contributed by atoms with E-state index < -0.39 is 23.2 Å². The lowest BCUT2D eigenvalue weighted by Gasteiger charge is -2.45. The second kappa shape index (κ2) is 7.15. The van der Waals surface area contributed by atoms with E-state index in [2.05, 4.69) is 17.2 Å². The number of hydrogen-bond acceptors (Lipinski definition) is 4. The van der Waals surface area contributed by atoms with Crippen LogP contribution in [0.4, 0.5) is 0 Å². The van der Waals surface area contributed by atoms with E-state index in [9.17, 15) is 14.4 Å².